The van der Waals surface area contributed by atoms with Crippen LogP contribution in [0.2, 0.25) is 0 Å². The van der Waals surface area contributed by atoms with Crippen LogP contribution in [0.4, 0.5) is 4.79 Å². The molecule has 0 aromatic heterocycles. The number of nitrogens with one attached hydrogen (secondary N) is 1. The van der Waals surface area contributed by atoms with Gasteiger partial charge in [0, 0.05) is 51.4 Å². The molecule has 3 aliphatic heterocycles. The van der Waals surface area contributed by atoms with E-state index in [2.05, 4.69) is 5.32 Å². The molecule has 3 aliphatic rings. The average molecular weight is 394 g/mol. The first-order valence-electron chi connectivity index (χ1n) is 9.68. The molecular weight excluding hydrogens is 366 g/mol. The summed E-state index contributed by atoms with van der Waals surface area (Å²) in [4.78, 5) is 14.5. The van der Waals surface area contributed by atoms with Gasteiger partial charge in [0.1, 0.15) is 0 Å². The van der Waals surface area contributed by atoms with Gasteiger partial charge in [0.25, 0.3) is 0 Å². The second-order valence-corrected chi connectivity index (χ2v) is 9.82. The van der Waals surface area contributed by atoms with Crippen molar-refractivity contribution < 1.29 is 17.9 Å². The minimum atomic E-state index is -3.38. The lowest BCUT2D eigenvalue weighted by molar-refractivity contribution is -0.0616. The number of nitrogens with zero attached hydrogens (tertiary/aromatic N) is 2. The molecular formula is C19H27N3O4S. The first-order valence-corrected chi connectivity index (χ1v) is 11.1. The van der Waals surface area contributed by atoms with E-state index >= 15 is 0 Å². The average Bonchev–Trinajstić information content (AvgIpc) is 3.21. The number of carbonyl (C=O) groups excluding carboxylic acids is 1. The maximum Gasteiger partial charge on any atom is 0.317 e. The van der Waals surface area contributed by atoms with Crippen molar-refractivity contribution in [2.45, 2.75) is 37.1 Å². The number of likely N-dealkylation sites (tertiary alicyclic amines) is 1. The number of sulfonamides is 1. The lowest BCUT2D eigenvalue weighted by Gasteiger charge is -2.51. The van der Waals surface area contributed by atoms with Crippen LogP contribution >= 0.6 is 0 Å². The summed E-state index contributed by atoms with van der Waals surface area (Å²) in [5.74, 6) is 0. The maximum atomic E-state index is 12.5. The van der Waals surface area contributed by atoms with Gasteiger partial charge in [-0.3, -0.25) is 0 Å². The predicted octanol–water partition coefficient (Wildman–Crippen LogP) is 1.79. The van der Waals surface area contributed by atoms with E-state index in [-0.39, 0.29) is 11.4 Å². The smallest absolute Gasteiger partial charge is 0.317 e. The first-order chi connectivity index (χ1) is 13.0. The molecule has 3 saturated heterocycles. The van der Waals surface area contributed by atoms with Gasteiger partial charge in [0.15, 0.2) is 0 Å². The summed E-state index contributed by atoms with van der Waals surface area (Å²) in [6, 6.07) is 6.77. The number of urea groups is 1. The molecule has 0 bridgehead atoms. The molecule has 0 atom stereocenters. The number of rotatable bonds is 4. The highest BCUT2D eigenvalue weighted by atomic mass is 32.2. The van der Waals surface area contributed by atoms with Crippen LogP contribution < -0.4 is 5.32 Å². The normalized spacial score (nSPS) is 22.6. The molecule has 4 rings (SSSR count). The molecule has 27 heavy (non-hydrogen) atoms. The van der Waals surface area contributed by atoms with Crippen LogP contribution in [0.1, 0.15) is 31.2 Å². The fourth-order valence-corrected chi connectivity index (χ4v) is 5.69. The quantitative estimate of drug-likeness (QED) is 0.846. The van der Waals surface area contributed by atoms with Crippen molar-refractivity contribution in [3.8, 4) is 0 Å². The highest BCUT2D eigenvalue weighted by Gasteiger charge is 2.45. The molecule has 0 aliphatic carbocycles. The zero-order valence-electron chi connectivity index (χ0n) is 15.5. The summed E-state index contributed by atoms with van der Waals surface area (Å²) in [5.41, 5.74) is 1.16. The molecule has 148 valence electrons. The van der Waals surface area contributed by atoms with Gasteiger partial charge >= 0.3 is 6.03 Å². The minimum Gasteiger partial charge on any atom is -0.381 e. The Morgan fingerprint density at radius 1 is 1.07 bits per heavy atom. The van der Waals surface area contributed by atoms with E-state index in [1.165, 1.54) is 0 Å². The van der Waals surface area contributed by atoms with Gasteiger partial charge < -0.3 is 15.0 Å². The maximum absolute atomic E-state index is 12.5. The zero-order chi connectivity index (χ0) is 18.9. The summed E-state index contributed by atoms with van der Waals surface area (Å²) in [7, 11) is -3.38. The Morgan fingerprint density at radius 2 is 1.70 bits per heavy atom. The van der Waals surface area contributed by atoms with Crippen LogP contribution in [0, 0.1) is 5.41 Å². The summed E-state index contributed by atoms with van der Waals surface area (Å²) in [6.07, 6.45) is 3.91. The molecule has 3 heterocycles. The molecule has 8 heteroatoms. The summed E-state index contributed by atoms with van der Waals surface area (Å²) in [6.45, 7) is 4.79. The molecule has 7 nitrogen and oxygen atoms in total. The SMILES string of the molecule is O=C(NCc1ccc(S(=O)(=O)N2CCCC2)cc1)N1CC2(CCOCC2)C1. The van der Waals surface area contributed by atoms with Crippen molar-refractivity contribution in [3.63, 3.8) is 0 Å². The van der Waals surface area contributed by atoms with E-state index in [4.69, 9.17) is 4.74 Å². The molecule has 0 saturated carbocycles. The summed E-state index contributed by atoms with van der Waals surface area (Å²) >= 11 is 0. The number of hydrogen-bond donors (Lipinski definition) is 1. The standard InChI is InChI=1S/C19H27N3O4S/c23-18(21-14-19(15-21)7-11-26-12-8-19)20-13-16-3-5-17(6-4-16)27(24,25)22-9-1-2-10-22/h3-6H,1-2,7-15H2,(H,20,23). The number of amides is 2. The second kappa shape index (κ2) is 7.41. The third-order valence-corrected chi connectivity index (χ3v) is 7.88. The Morgan fingerprint density at radius 3 is 2.33 bits per heavy atom. The van der Waals surface area contributed by atoms with Crippen LogP contribution in [-0.4, -0.2) is 63.0 Å². The van der Waals surface area contributed by atoms with Gasteiger partial charge in [-0.25, -0.2) is 13.2 Å². The van der Waals surface area contributed by atoms with Crippen LogP contribution in [0.5, 0.6) is 0 Å². The molecule has 1 spiro atoms. The highest BCUT2D eigenvalue weighted by molar-refractivity contribution is 7.89. The zero-order valence-corrected chi connectivity index (χ0v) is 16.3. The van der Waals surface area contributed by atoms with E-state index in [1.807, 2.05) is 4.90 Å². The second-order valence-electron chi connectivity index (χ2n) is 7.88. The van der Waals surface area contributed by atoms with E-state index < -0.39 is 10.0 Å². The molecule has 0 radical (unpaired) electrons. The van der Waals surface area contributed by atoms with Gasteiger partial charge in [-0.05, 0) is 43.4 Å². The number of ether oxygens (including phenoxy) is 1. The predicted molar refractivity (Wildman–Crippen MR) is 101 cm³/mol. The van der Waals surface area contributed by atoms with Crippen molar-refractivity contribution in [2.75, 3.05) is 39.4 Å². The molecule has 1 aromatic rings. The van der Waals surface area contributed by atoms with Gasteiger partial charge in [-0.2, -0.15) is 4.31 Å². The monoisotopic (exact) mass is 393 g/mol. The van der Waals surface area contributed by atoms with E-state index in [9.17, 15) is 13.2 Å². The third kappa shape index (κ3) is 3.83. The van der Waals surface area contributed by atoms with Crippen molar-refractivity contribution in [2.24, 2.45) is 5.41 Å². The lowest BCUT2D eigenvalue weighted by Crippen LogP contribution is -2.62. The first kappa shape index (κ1) is 18.7. The molecule has 3 fully saturated rings. The van der Waals surface area contributed by atoms with Gasteiger partial charge in [0.05, 0.1) is 4.90 Å². The van der Waals surface area contributed by atoms with Crippen LogP contribution in [0.15, 0.2) is 29.2 Å². The van der Waals surface area contributed by atoms with Crippen LogP contribution in [0.25, 0.3) is 0 Å². The fourth-order valence-electron chi connectivity index (χ4n) is 4.17. The molecule has 0 unspecified atom stereocenters. The Bertz CT molecular complexity index is 774. The van der Waals surface area contributed by atoms with Gasteiger partial charge in [0.2, 0.25) is 10.0 Å². The third-order valence-electron chi connectivity index (χ3n) is 5.96. The van der Waals surface area contributed by atoms with Gasteiger partial charge in [-0.15, -0.1) is 0 Å². The van der Waals surface area contributed by atoms with Crippen LogP contribution in [-0.2, 0) is 21.3 Å². The van der Waals surface area contributed by atoms with Crippen molar-refractivity contribution in [1.82, 2.24) is 14.5 Å². The molecule has 1 N–H and O–H groups in total. The Kier molecular flexibility index (Phi) is 5.13. The Labute approximate surface area is 160 Å². The number of hydrogen-bond acceptors (Lipinski definition) is 4. The van der Waals surface area contributed by atoms with Crippen molar-refractivity contribution in [1.29, 1.82) is 0 Å². The summed E-state index contributed by atoms with van der Waals surface area (Å²) in [5, 5.41) is 2.93. The van der Waals surface area contributed by atoms with E-state index in [0.717, 1.165) is 57.6 Å². The fraction of sp³-hybridized carbons (Fsp3) is 0.632. The van der Waals surface area contributed by atoms with Crippen molar-refractivity contribution >= 4 is 16.1 Å². The Balaban J connectivity index is 1.28. The lowest BCUT2D eigenvalue weighted by atomic mass is 9.73. The minimum absolute atomic E-state index is 0.0547. The van der Waals surface area contributed by atoms with Gasteiger partial charge in [-0.1, -0.05) is 12.1 Å². The highest BCUT2D eigenvalue weighted by Crippen LogP contribution is 2.39. The Hall–Kier alpha value is -1.64. The number of carbonyl (C=O) groups is 1. The summed E-state index contributed by atoms with van der Waals surface area (Å²) < 4.78 is 32.0. The molecule has 2 amide bonds. The topological polar surface area (TPSA) is 79.0 Å². The number of benzene rings is 1. The van der Waals surface area contributed by atoms with Crippen LogP contribution in [0.3, 0.4) is 0 Å². The van der Waals surface area contributed by atoms with E-state index in [0.29, 0.717) is 24.5 Å². The van der Waals surface area contributed by atoms with Crippen molar-refractivity contribution in [3.05, 3.63) is 29.8 Å². The largest absolute Gasteiger partial charge is 0.381 e. The molecule has 1 aromatic carbocycles. The van der Waals surface area contributed by atoms with E-state index in [1.54, 1.807) is 28.6 Å².